The van der Waals surface area contributed by atoms with Gasteiger partial charge in [0.05, 0.1) is 37.7 Å². The molecule has 3 aromatic rings. The molecule has 0 spiro atoms. The van der Waals surface area contributed by atoms with Crippen molar-refractivity contribution >= 4 is 63.4 Å². The summed E-state index contributed by atoms with van der Waals surface area (Å²) in [6.45, 7) is 1.44. The molecule has 0 bridgehead atoms. The predicted octanol–water partition coefficient (Wildman–Crippen LogP) is 5.08. The zero-order valence-electron chi connectivity index (χ0n) is 12.8. The van der Waals surface area contributed by atoms with Crippen molar-refractivity contribution in [3.8, 4) is 0 Å². The summed E-state index contributed by atoms with van der Waals surface area (Å²) < 4.78 is 1.57. The van der Waals surface area contributed by atoms with Crippen molar-refractivity contribution in [1.82, 2.24) is 9.55 Å². The number of fused-ring (bicyclic) bond motifs is 1. The molecule has 5 nitrogen and oxygen atoms in total. The largest absolute Gasteiger partial charge is 0.481 e. The molecule has 9 heteroatoms. The molecule has 1 aromatic heterocycles. The zero-order chi connectivity index (χ0) is 18.7. The first-order chi connectivity index (χ1) is 11.7. The van der Waals surface area contributed by atoms with Gasteiger partial charge in [0.1, 0.15) is 0 Å². The highest BCUT2D eigenvalue weighted by molar-refractivity contribution is 6.43. The fraction of sp³-hybridized carbons (Fsp3) is 0.125. The Balaban J connectivity index is 0.000000511. The molecule has 0 saturated heterocycles. The Bertz CT molecular complexity index is 991. The Kier molecular flexibility index (Phi) is 6.41. The van der Waals surface area contributed by atoms with Gasteiger partial charge in [0.2, 0.25) is 0 Å². The van der Waals surface area contributed by atoms with Crippen LogP contribution < -0.4 is 5.69 Å². The van der Waals surface area contributed by atoms with Gasteiger partial charge in [-0.05, 0) is 29.8 Å². The molecule has 0 aliphatic carbocycles. The number of rotatable bonds is 2. The van der Waals surface area contributed by atoms with E-state index in [0.717, 1.165) is 12.5 Å². The second-order valence-corrected chi connectivity index (χ2v) is 6.70. The maximum atomic E-state index is 12.1. The minimum Gasteiger partial charge on any atom is -0.481 e. The van der Waals surface area contributed by atoms with Gasteiger partial charge in [0.15, 0.2) is 0 Å². The number of hydrogen-bond acceptors (Lipinski definition) is 2. The van der Waals surface area contributed by atoms with Crippen molar-refractivity contribution in [2.45, 2.75) is 13.5 Å². The number of aromatic amines is 1. The van der Waals surface area contributed by atoms with Crippen LogP contribution in [-0.4, -0.2) is 20.6 Å². The smallest absolute Gasteiger partial charge is 0.326 e. The van der Waals surface area contributed by atoms with E-state index >= 15 is 0 Å². The normalized spacial score (nSPS) is 10.4. The van der Waals surface area contributed by atoms with Crippen LogP contribution in [0.15, 0.2) is 35.1 Å². The van der Waals surface area contributed by atoms with Crippen molar-refractivity contribution in [3.05, 3.63) is 66.5 Å². The number of halogens is 4. The Labute approximate surface area is 162 Å². The van der Waals surface area contributed by atoms with E-state index in [0.29, 0.717) is 37.7 Å². The molecule has 0 aliphatic heterocycles. The number of aliphatic carboxylic acids is 1. The minimum atomic E-state index is -0.833. The summed E-state index contributed by atoms with van der Waals surface area (Å²) in [5, 5.41) is 9.13. The molecule has 1 heterocycles. The quantitative estimate of drug-likeness (QED) is 0.605. The van der Waals surface area contributed by atoms with Crippen LogP contribution in [0.25, 0.3) is 11.0 Å². The second-order valence-electron chi connectivity index (χ2n) is 5.07. The third-order valence-corrected chi connectivity index (χ3v) is 4.60. The highest BCUT2D eigenvalue weighted by Gasteiger charge is 2.11. The highest BCUT2D eigenvalue weighted by Crippen LogP contribution is 2.27. The average molecular weight is 422 g/mol. The van der Waals surface area contributed by atoms with Gasteiger partial charge >= 0.3 is 5.69 Å². The predicted molar refractivity (Wildman–Crippen MR) is 101 cm³/mol. The number of carboxylic acid groups (broad SMARTS) is 1. The lowest BCUT2D eigenvalue weighted by Crippen LogP contribution is -2.17. The molecular formula is C16H12Cl4N2O3. The highest BCUT2D eigenvalue weighted by atomic mass is 35.5. The summed E-state index contributed by atoms with van der Waals surface area (Å²) in [5.41, 5.74) is 1.93. The van der Waals surface area contributed by atoms with Gasteiger partial charge in [-0.2, -0.15) is 0 Å². The van der Waals surface area contributed by atoms with Crippen LogP contribution >= 0.6 is 46.4 Å². The van der Waals surface area contributed by atoms with E-state index in [4.69, 9.17) is 56.3 Å². The molecule has 132 valence electrons. The Morgan fingerprint density at radius 2 is 1.60 bits per heavy atom. The topological polar surface area (TPSA) is 75.1 Å². The maximum Gasteiger partial charge on any atom is 0.326 e. The second kappa shape index (κ2) is 8.15. The molecule has 2 N–H and O–H groups in total. The van der Waals surface area contributed by atoms with E-state index in [2.05, 4.69) is 4.98 Å². The van der Waals surface area contributed by atoms with Gasteiger partial charge in [-0.3, -0.25) is 9.36 Å². The number of aromatic nitrogens is 2. The number of nitrogens with one attached hydrogen (secondary N) is 1. The van der Waals surface area contributed by atoms with Gasteiger partial charge in [-0.25, -0.2) is 4.79 Å². The number of carboxylic acids is 1. The van der Waals surface area contributed by atoms with Crippen molar-refractivity contribution in [3.63, 3.8) is 0 Å². The lowest BCUT2D eigenvalue weighted by atomic mass is 10.2. The van der Waals surface area contributed by atoms with E-state index in [-0.39, 0.29) is 5.69 Å². The van der Waals surface area contributed by atoms with Crippen molar-refractivity contribution in [2.75, 3.05) is 0 Å². The van der Waals surface area contributed by atoms with Crippen LogP contribution in [0.4, 0.5) is 0 Å². The minimum absolute atomic E-state index is 0.241. The van der Waals surface area contributed by atoms with Gasteiger partial charge in [-0.15, -0.1) is 0 Å². The number of imidazole rings is 1. The van der Waals surface area contributed by atoms with Crippen LogP contribution in [-0.2, 0) is 11.3 Å². The maximum absolute atomic E-state index is 12.1. The van der Waals surface area contributed by atoms with Gasteiger partial charge < -0.3 is 10.1 Å². The Morgan fingerprint density at radius 1 is 1.04 bits per heavy atom. The molecule has 25 heavy (non-hydrogen) atoms. The average Bonchev–Trinajstić information content (AvgIpc) is 2.79. The first-order valence-corrected chi connectivity index (χ1v) is 8.41. The van der Waals surface area contributed by atoms with Crippen LogP contribution in [0.1, 0.15) is 12.5 Å². The molecule has 0 atom stereocenters. The Morgan fingerprint density at radius 3 is 2.20 bits per heavy atom. The lowest BCUT2D eigenvalue weighted by Gasteiger charge is -2.06. The van der Waals surface area contributed by atoms with E-state index in [1.165, 1.54) is 0 Å². The zero-order valence-corrected chi connectivity index (χ0v) is 15.8. The van der Waals surface area contributed by atoms with E-state index < -0.39 is 5.97 Å². The lowest BCUT2D eigenvalue weighted by molar-refractivity contribution is -0.134. The number of carbonyl (C=O) groups is 1. The number of H-pyrrole nitrogens is 1. The molecule has 0 aliphatic rings. The molecular weight excluding hydrogens is 410 g/mol. The Hall–Kier alpha value is -1.66. The summed E-state index contributed by atoms with van der Waals surface area (Å²) in [6.07, 6.45) is 0. The first kappa shape index (κ1) is 19.7. The van der Waals surface area contributed by atoms with E-state index in [9.17, 15) is 4.79 Å². The van der Waals surface area contributed by atoms with Crippen LogP contribution in [0.5, 0.6) is 0 Å². The van der Waals surface area contributed by atoms with Gasteiger partial charge in [0, 0.05) is 6.92 Å². The molecule has 3 rings (SSSR count). The molecule has 0 amide bonds. The fourth-order valence-electron chi connectivity index (χ4n) is 2.13. The summed E-state index contributed by atoms with van der Waals surface area (Å²) in [6, 6.07) is 8.53. The summed E-state index contributed by atoms with van der Waals surface area (Å²) in [5.74, 6) is -0.833. The standard InChI is InChI=1S/C14H8Cl4N2O.C2H4O2/c15-8-2-1-7(3-9(8)16)6-20-13-5-11(18)10(17)4-12(13)19-14(20)21;1-2(3)4/h1-5H,6H2,(H,19,21);1H3,(H,3,4). The third kappa shape index (κ3) is 4.92. The first-order valence-electron chi connectivity index (χ1n) is 6.90. The monoisotopic (exact) mass is 420 g/mol. The molecule has 0 fully saturated rings. The van der Waals surface area contributed by atoms with E-state index in [1.807, 2.05) is 6.07 Å². The third-order valence-electron chi connectivity index (χ3n) is 3.14. The van der Waals surface area contributed by atoms with Crippen LogP contribution in [0, 0.1) is 0 Å². The van der Waals surface area contributed by atoms with Crippen molar-refractivity contribution in [2.24, 2.45) is 0 Å². The van der Waals surface area contributed by atoms with E-state index in [1.54, 1.807) is 28.8 Å². The molecule has 0 radical (unpaired) electrons. The molecule has 0 unspecified atom stereocenters. The number of hydrogen-bond donors (Lipinski definition) is 2. The van der Waals surface area contributed by atoms with Crippen LogP contribution in [0.2, 0.25) is 20.1 Å². The number of nitrogens with zero attached hydrogens (tertiary/aromatic N) is 1. The molecule has 2 aromatic carbocycles. The summed E-state index contributed by atoms with van der Waals surface area (Å²) in [7, 11) is 0. The van der Waals surface area contributed by atoms with Gasteiger partial charge in [0.25, 0.3) is 5.97 Å². The van der Waals surface area contributed by atoms with Crippen molar-refractivity contribution < 1.29 is 9.90 Å². The number of benzene rings is 2. The molecule has 0 saturated carbocycles. The SMILES string of the molecule is CC(=O)O.O=c1[nH]c2cc(Cl)c(Cl)cc2n1Cc1ccc(Cl)c(Cl)c1. The fourth-order valence-corrected chi connectivity index (χ4v) is 2.77. The summed E-state index contributed by atoms with van der Waals surface area (Å²) >= 11 is 23.9. The van der Waals surface area contributed by atoms with Gasteiger partial charge in [-0.1, -0.05) is 52.5 Å². The summed E-state index contributed by atoms with van der Waals surface area (Å²) in [4.78, 5) is 23.8. The van der Waals surface area contributed by atoms with Crippen LogP contribution in [0.3, 0.4) is 0 Å². The van der Waals surface area contributed by atoms with Crippen molar-refractivity contribution in [1.29, 1.82) is 0 Å².